The predicted molar refractivity (Wildman–Crippen MR) is 160 cm³/mol. The maximum atomic E-state index is 14.9. The second kappa shape index (κ2) is 14.8. The van der Waals surface area contributed by atoms with Crippen LogP contribution in [0.4, 0.5) is 4.39 Å². The van der Waals surface area contributed by atoms with Gasteiger partial charge in [0.1, 0.15) is 17.6 Å². The van der Waals surface area contributed by atoms with Crippen LogP contribution in [0.1, 0.15) is 47.8 Å². The van der Waals surface area contributed by atoms with Gasteiger partial charge in [0.2, 0.25) is 17.6 Å². The predicted octanol–water partition coefficient (Wildman–Crippen LogP) is 3.83. The highest BCUT2D eigenvalue weighted by atomic mass is 19.1. The molecule has 4 aromatic rings. The fourth-order valence-corrected chi connectivity index (χ4v) is 5.12. The van der Waals surface area contributed by atoms with E-state index < -0.39 is 23.8 Å². The van der Waals surface area contributed by atoms with E-state index in [0.29, 0.717) is 31.9 Å². The molecule has 2 aromatic heterocycles. The van der Waals surface area contributed by atoms with Crippen LogP contribution >= 0.6 is 0 Å². The number of ether oxygens (including phenoxy) is 1. The quantitative estimate of drug-likeness (QED) is 0.231. The lowest BCUT2D eigenvalue weighted by Crippen LogP contribution is -2.48. The van der Waals surface area contributed by atoms with E-state index in [9.17, 15) is 14.0 Å². The van der Waals surface area contributed by atoms with Gasteiger partial charge in [-0.05, 0) is 62.6 Å². The van der Waals surface area contributed by atoms with E-state index in [1.807, 2.05) is 30.3 Å². The normalized spacial score (nSPS) is 15.4. The third-order valence-electron chi connectivity index (χ3n) is 7.49. The van der Waals surface area contributed by atoms with Gasteiger partial charge in [0.25, 0.3) is 5.91 Å². The molecule has 2 amide bonds. The molecule has 1 saturated heterocycles. The van der Waals surface area contributed by atoms with Crippen molar-refractivity contribution >= 4 is 11.8 Å². The summed E-state index contributed by atoms with van der Waals surface area (Å²) in [4.78, 5) is 33.5. The number of halogens is 1. The number of carbonyl (C=O) groups excluding carboxylic acids is 2. The van der Waals surface area contributed by atoms with E-state index >= 15 is 0 Å². The fourth-order valence-electron chi connectivity index (χ4n) is 5.12. The molecule has 0 radical (unpaired) electrons. The summed E-state index contributed by atoms with van der Waals surface area (Å²) < 4.78 is 31.2. The van der Waals surface area contributed by atoms with Crippen LogP contribution in [0.25, 0.3) is 11.4 Å². The van der Waals surface area contributed by atoms with E-state index in [2.05, 4.69) is 20.4 Å². The Labute approximate surface area is 255 Å². The van der Waals surface area contributed by atoms with Crippen molar-refractivity contribution in [2.24, 2.45) is 5.73 Å². The molecule has 3 heterocycles. The summed E-state index contributed by atoms with van der Waals surface area (Å²) in [6.45, 7) is 5.64. The van der Waals surface area contributed by atoms with Crippen molar-refractivity contribution in [1.82, 2.24) is 25.3 Å². The lowest BCUT2D eigenvalue weighted by atomic mass is 10.1. The average molecular weight is 605 g/mol. The Kier molecular flexibility index (Phi) is 10.4. The van der Waals surface area contributed by atoms with Crippen LogP contribution in [-0.4, -0.2) is 77.1 Å². The standard InChI is InChI=1S/C32H37FN6O5/c1-22(35-30(40)28-10-5-18-43-28)32(41)39-15-6-13-38(16-17-39)14-7-19-42-24-11-12-25(26(33)21-24)29-36-31(44-37-29)27(34)20-23-8-3-2-4-9-23/h2-5,8-12,18,21-22,27H,6-7,13-17,19-20,34H2,1H3,(H,35,40)/t22-,27?/m0/s1. The van der Waals surface area contributed by atoms with E-state index in [0.717, 1.165) is 38.0 Å². The lowest BCUT2D eigenvalue weighted by Gasteiger charge is -2.25. The van der Waals surface area contributed by atoms with Gasteiger partial charge < -0.3 is 34.5 Å². The summed E-state index contributed by atoms with van der Waals surface area (Å²) in [5.41, 5.74) is 7.47. The monoisotopic (exact) mass is 604 g/mol. The molecule has 0 bridgehead atoms. The molecule has 3 N–H and O–H groups in total. The molecule has 12 heteroatoms. The summed E-state index contributed by atoms with van der Waals surface area (Å²) in [7, 11) is 0. The average Bonchev–Trinajstić information content (AvgIpc) is 3.69. The van der Waals surface area contributed by atoms with Gasteiger partial charge in [-0.3, -0.25) is 9.59 Å². The first kappa shape index (κ1) is 30.9. The van der Waals surface area contributed by atoms with Gasteiger partial charge in [-0.25, -0.2) is 4.39 Å². The molecule has 0 aliphatic carbocycles. The molecule has 5 rings (SSSR count). The molecular weight excluding hydrogens is 567 g/mol. The summed E-state index contributed by atoms with van der Waals surface area (Å²) in [6.07, 6.45) is 3.51. The number of rotatable bonds is 12. The van der Waals surface area contributed by atoms with Crippen LogP contribution in [0.2, 0.25) is 0 Å². The van der Waals surface area contributed by atoms with Gasteiger partial charge in [0.05, 0.1) is 24.5 Å². The number of benzene rings is 2. The highest BCUT2D eigenvalue weighted by molar-refractivity contribution is 5.95. The summed E-state index contributed by atoms with van der Waals surface area (Å²) in [6, 6.07) is 16.3. The van der Waals surface area contributed by atoms with Crippen molar-refractivity contribution in [3.8, 4) is 17.1 Å². The highest BCUT2D eigenvalue weighted by Crippen LogP contribution is 2.26. The summed E-state index contributed by atoms with van der Waals surface area (Å²) >= 11 is 0. The van der Waals surface area contributed by atoms with Crippen molar-refractivity contribution in [2.75, 3.05) is 39.3 Å². The van der Waals surface area contributed by atoms with Gasteiger partial charge in [-0.2, -0.15) is 4.98 Å². The summed E-state index contributed by atoms with van der Waals surface area (Å²) in [5, 5.41) is 6.63. The van der Waals surface area contributed by atoms with Crippen molar-refractivity contribution < 1.29 is 27.7 Å². The maximum Gasteiger partial charge on any atom is 0.287 e. The highest BCUT2D eigenvalue weighted by Gasteiger charge is 2.25. The Balaban J connectivity index is 1.04. The van der Waals surface area contributed by atoms with Gasteiger partial charge in [-0.1, -0.05) is 35.5 Å². The van der Waals surface area contributed by atoms with Crippen molar-refractivity contribution in [2.45, 2.75) is 38.3 Å². The third-order valence-corrected chi connectivity index (χ3v) is 7.49. The Morgan fingerprint density at radius 3 is 2.70 bits per heavy atom. The Hall–Kier alpha value is -4.55. The second-order valence-corrected chi connectivity index (χ2v) is 10.8. The first-order chi connectivity index (χ1) is 21.4. The maximum absolute atomic E-state index is 14.9. The molecule has 1 unspecified atom stereocenters. The fraction of sp³-hybridized carbons (Fsp3) is 0.375. The second-order valence-electron chi connectivity index (χ2n) is 10.8. The first-order valence-electron chi connectivity index (χ1n) is 14.8. The first-order valence-corrected chi connectivity index (χ1v) is 14.8. The number of furan rings is 1. The number of hydrogen-bond acceptors (Lipinski definition) is 9. The van der Waals surface area contributed by atoms with E-state index in [-0.39, 0.29) is 28.9 Å². The molecule has 0 spiro atoms. The minimum atomic E-state index is -0.654. The number of nitrogens with zero attached hydrogens (tertiary/aromatic N) is 4. The van der Waals surface area contributed by atoms with Crippen molar-refractivity contribution in [1.29, 1.82) is 0 Å². The van der Waals surface area contributed by atoms with E-state index in [1.165, 1.54) is 12.3 Å². The SMILES string of the molecule is C[C@H](NC(=O)c1ccco1)C(=O)N1CCCN(CCCOc2ccc(-c3noc(C(N)Cc4ccccc4)n3)c(F)c2)CC1. The number of hydrogen-bond donors (Lipinski definition) is 2. The molecule has 1 aliphatic rings. The van der Waals surface area contributed by atoms with Gasteiger partial charge in [0, 0.05) is 32.2 Å². The zero-order chi connectivity index (χ0) is 30.9. The Morgan fingerprint density at radius 1 is 1.09 bits per heavy atom. The minimum absolute atomic E-state index is 0.118. The van der Waals surface area contributed by atoms with Crippen LogP contribution in [0.3, 0.4) is 0 Å². The molecule has 232 valence electrons. The summed E-state index contributed by atoms with van der Waals surface area (Å²) in [5.74, 6) is -0.0787. The van der Waals surface area contributed by atoms with Crippen LogP contribution in [0.5, 0.6) is 5.75 Å². The van der Waals surface area contributed by atoms with Crippen molar-refractivity contribution in [3.05, 3.63) is 90.0 Å². The van der Waals surface area contributed by atoms with Crippen molar-refractivity contribution in [3.63, 3.8) is 0 Å². The van der Waals surface area contributed by atoms with Gasteiger partial charge >= 0.3 is 0 Å². The zero-order valence-corrected chi connectivity index (χ0v) is 24.7. The van der Waals surface area contributed by atoms with E-state index in [1.54, 1.807) is 36.1 Å². The largest absolute Gasteiger partial charge is 0.493 e. The Bertz CT molecular complexity index is 1510. The lowest BCUT2D eigenvalue weighted by molar-refractivity contribution is -0.132. The molecule has 1 fully saturated rings. The number of carbonyl (C=O) groups is 2. The van der Waals surface area contributed by atoms with Crippen LogP contribution in [-0.2, 0) is 11.2 Å². The smallest absolute Gasteiger partial charge is 0.287 e. The Morgan fingerprint density at radius 2 is 1.93 bits per heavy atom. The molecule has 2 aromatic carbocycles. The molecule has 0 saturated carbocycles. The number of aromatic nitrogens is 2. The van der Waals surface area contributed by atoms with Gasteiger partial charge in [-0.15, -0.1) is 0 Å². The van der Waals surface area contributed by atoms with Gasteiger partial charge in [0.15, 0.2) is 5.76 Å². The third kappa shape index (κ3) is 8.08. The van der Waals surface area contributed by atoms with Crippen LogP contribution in [0, 0.1) is 5.82 Å². The van der Waals surface area contributed by atoms with Crippen LogP contribution in [0.15, 0.2) is 75.9 Å². The minimum Gasteiger partial charge on any atom is -0.493 e. The molecule has 1 aliphatic heterocycles. The molecule has 2 atom stereocenters. The topological polar surface area (TPSA) is 140 Å². The molecule has 44 heavy (non-hydrogen) atoms. The number of nitrogens with two attached hydrogens (primary N) is 1. The zero-order valence-electron chi connectivity index (χ0n) is 24.7. The van der Waals surface area contributed by atoms with Crippen LogP contribution < -0.4 is 15.8 Å². The van der Waals surface area contributed by atoms with E-state index in [4.69, 9.17) is 19.4 Å². The number of nitrogens with one attached hydrogen (secondary N) is 1. The molecule has 11 nitrogen and oxygen atoms in total. The number of amides is 2. The molecular formula is C32H37FN6O5.